The molecule has 0 bridgehead atoms. The molecule has 0 aromatic heterocycles. The Morgan fingerprint density at radius 2 is 2.11 bits per heavy atom. The lowest BCUT2D eigenvalue weighted by Crippen LogP contribution is -2.47. The first-order chi connectivity index (χ1) is 8.73. The molecule has 1 amide bonds. The highest BCUT2D eigenvalue weighted by Gasteiger charge is 2.22. The van der Waals surface area contributed by atoms with E-state index in [9.17, 15) is 9.90 Å². The van der Waals surface area contributed by atoms with E-state index in [-0.39, 0.29) is 12.5 Å². The van der Waals surface area contributed by atoms with Crippen LogP contribution in [0.25, 0.3) is 0 Å². The van der Waals surface area contributed by atoms with Gasteiger partial charge in [-0.25, -0.2) is 0 Å². The lowest BCUT2D eigenvalue weighted by Gasteiger charge is -2.27. The van der Waals surface area contributed by atoms with Gasteiger partial charge in [0, 0.05) is 16.7 Å². The molecular weight excluding hydrogens is 355 g/mol. The van der Waals surface area contributed by atoms with E-state index in [0.717, 1.165) is 9.13 Å². The normalized spacial score (nSPS) is 14.3. The number of rotatable bonds is 5. The van der Waals surface area contributed by atoms with Crippen LogP contribution in [0.4, 0.5) is 0 Å². The Labute approximate surface area is 128 Å². The quantitative estimate of drug-likeness (QED) is 0.769. The third-order valence-electron chi connectivity index (χ3n) is 2.72. The largest absolute Gasteiger partial charge is 0.387 e. The smallest absolute Gasteiger partial charge is 0.252 e. The molecule has 1 aromatic carbocycles. The van der Waals surface area contributed by atoms with Crippen molar-refractivity contribution in [1.82, 2.24) is 10.2 Å². The first kappa shape index (κ1) is 16.4. The maximum Gasteiger partial charge on any atom is 0.252 e. The van der Waals surface area contributed by atoms with Gasteiger partial charge in [0.15, 0.2) is 0 Å². The van der Waals surface area contributed by atoms with Gasteiger partial charge in [0.05, 0.1) is 11.2 Å². The van der Waals surface area contributed by atoms with Crippen LogP contribution in [0.3, 0.4) is 0 Å². The van der Waals surface area contributed by atoms with Crippen LogP contribution in [0.2, 0.25) is 0 Å². The highest BCUT2D eigenvalue weighted by atomic mass is 127. The third-order valence-corrected chi connectivity index (χ3v) is 4.15. The molecule has 2 N–H and O–H groups in total. The number of hydrogen-bond acceptors (Lipinski definition) is 3. The number of carbonyl (C=O) groups is 1. The average molecular weight is 376 g/mol. The maximum atomic E-state index is 12.1. The Morgan fingerprint density at radius 3 is 2.68 bits per heavy atom. The SMILES string of the molecule is Cc1cccc(C(=O)NCC(C)(O)CN(C)C)c1I. The Hall–Kier alpha value is -0.660. The highest BCUT2D eigenvalue weighted by Crippen LogP contribution is 2.16. The highest BCUT2D eigenvalue weighted by molar-refractivity contribution is 14.1. The summed E-state index contributed by atoms with van der Waals surface area (Å²) in [6.45, 7) is 4.42. The standard InChI is InChI=1S/C14H21IN2O2/c1-10-6-5-7-11(12(10)15)13(18)16-8-14(2,19)9-17(3)4/h5-7,19H,8-9H2,1-4H3,(H,16,18). The fourth-order valence-corrected chi connectivity index (χ4v) is 2.53. The second-order valence-corrected chi connectivity index (χ2v) is 6.43. The van der Waals surface area contributed by atoms with Crippen molar-refractivity contribution in [1.29, 1.82) is 0 Å². The molecule has 0 spiro atoms. The number of likely N-dealkylation sites (N-methyl/N-ethyl adjacent to an activating group) is 1. The van der Waals surface area contributed by atoms with Gasteiger partial charge in [0.1, 0.15) is 0 Å². The minimum absolute atomic E-state index is 0.146. The molecule has 0 fully saturated rings. The fraction of sp³-hybridized carbons (Fsp3) is 0.500. The second kappa shape index (κ2) is 6.67. The predicted molar refractivity (Wildman–Crippen MR) is 85.4 cm³/mol. The van der Waals surface area contributed by atoms with Gasteiger partial charge in [-0.05, 0) is 62.2 Å². The van der Waals surface area contributed by atoms with Crippen LogP contribution in [0.5, 0.6) is 0 Å². The molecule has 0 aliphatic heterocycles. The van der Waals surface area contributed by atoms with E-state index in [1.165, 1.54) is 0 Å². The monoisotopic (exact) mass is 376 g/mol. The van der Waals surface area contributed by atoms with Gasteiger partial charge in [-0.15, -0.1) is 0 Å². The van der Waals surface area contributed by atoms with Crippen LogP contribution in [0.15, 0.2) is 18.2 Å². The zero-order chi connectivity index (χ0) is 14.6. The van der Waals surface area contributed by atoms with Crippen molar-refractivity contribution in [3.63, 3.8) is 0 Å². The van der Waals surface area contributed by atoms with E-state index in [1.54, 1.807) is 13.0 Å². The molecular formula is C14H21IN2O2. The Morgan fingerprint density at radius 1 is 1.47 bits per heavy atom. The fourth-order valence-electron chi connectivity index (χ4n) is 1.93. The van der Waals surface area contributed by atoms with E-state index < -0.39 is 5.60 Å². The van der Waals surface area contributed by atoms with Crippen molar-refractivity contribution in [2.24, 2.45) is 0 Å². The molecule has 0 radical (unpaired) electrons. The van der Waals surface area contributed by atoms with Gasteiger partial charge < -0.3 is 15.3 Å². The molecule has 0 aliphatic rings. The molecule has 0 aliphatic carbocycles. The average Bonchev–Trinajstić information content (AvgIpc) is 2.28. The van der Waals surface area contributed by atoms with Crippen molar-refractivity contribution in [3.05, 3.63) is 32.9 Å². The predicted octanol–water partition coefficient (Wildman–Crippen LogP) is 1.64. The summed E-state index contributed by atoms with van der Waals surface area (Å²) in [4.78, 5) is 14.0. The van der Waals surface area contributed by atoms with Crippen LogP contribution < -0.4 is 5.32 Å². The summed E-state index contributed by atoms with van der Waals surface area (Å²) in [5.74, 6) is -0.146. The van der Waals surface area contributed by atoms with E-state index >= 15 is 0 Å². The molecule has 0 heterocycles. The molecule has 0 saturated carbocycles. The number of benzene rings is 1. The first-order valence-electron chi connectivity index (χ1n) is 6.13. The molecule has 4 nitrogen and oxygen atoms in total. The topological polar surface area (TPSA) is 52.6 Å². The van der Waals surface area contributed by atoms with Crippen molar-refractivity contribution in [2.75, 3.05) is 27.2 Å². The van der Waals surface area contributed by atoms with E-state index in [4.69, 9.17) is 0 Å². The lowest BCUT2D eigenvalue weighted by molar-refractivity contribution is 0.0326. The zero-order valence-corrected chi connectivity index (χ0v) is 14.0. The number of hydrogen-bond donors (Lipinski definition) is 2. The molecule has 1 atom stereocenters. The van der Waals surface area contributed by atoms with Gasteiger partial charge >= 0.3 is 0 Å². The molecule has 0 saturated heterocycles. The summed E-state index contributed by atoms with van der Waals surface area (Å²) < 4.78 is 0.949. The van der Waals surface area contributed by atoms with E-state index in [0.29, 0.717) is 12.1 Å². The van der Waals surface area contributed by atoms with Crippen LogP contribution >= 0.6 is 22.6 Å². The van der Waals surface area contributed by atoms with Crippen molar-refractivity contribution < 1.29 is 9.90 Å². The summed E-state index contributed by atoms with van der Waals surface area (Å²) in [6.07, 6.45) is 0. The number of nitrogens with one attached hydrogen (secondary N) is 1. The molecule has 1 unspecified atom stereocenters. The summed E-state index contributed by atoms with van der Waals surface area (Å²) in [5.41, 5.74) is 0.795. The molecule has 5 heteroatoms. The number of nitrogens with zero attached hydrogens (tertiary/aromatic N) is 1. The van der Waals surface area contributed by atoms with E-state index in [1.807, 2.05) is 38.1 Å². The summed E-state index contributed by atoms with van der Waals surface area (Å²) in [7, 11) is 3.78. The molecule has 19 heavy (non-hydrogen) atoms. The zero-order valence-electron chi connectivity index (χ0n) is 11.8. The third kappa shape index (κ3) is 5.08. The lowest BCUT2D eigenvalue weighted by atomic mass is 10.1. The summed E-state index contributed by atoms with van der Waals surface area (Å²) in [6, 6.07) is 5.63. The Bertz CT molecular complexity index is 459. The van der Waals surface area contributed by atoms with Gasteiger partial charge in [-0.3, -0.25) is 4.79 Å². The molecule has 1 aromatic rings. The van der Waals surface area contributed by atoms with E-state index in [2.05, 4.69) is 27.9 Å². The second-order valence-electron chi connectivity index (χ2n) is 5.35. The summed E-state index contributed by atoms with van der Waals surface area (Å²) in [5, 5.41) is 12.9. The first-order valence-corrected chi connectivity index (χ1v) is 7.21. The number of aliphatic hydroxyl groups is 1. The van der Waals surface area contributed by atoms with Crippen LogP contribution in [-0.2, 0) is 0 Å². The number of halogens is 1. The minimum Gasteiger partial charge on any atom is -0.387 e. The maximum absolute atomic E-state index is 12.1. The van der Waals surface area contributed by atoms with Gasteiger partial charge in [-0.2, -0.15) is 0 Å². The van der Waals surface area contributed by atoms with Crippen LogP contribution in [0.1, 0.15) is 22.8 Å². The van der Waals surface area contributed by atoms with Crippen molar-refractivity contribution in [2.45, 2.75) is 19.4 Å². The summed E-state index contributed by atoms with van der Waals surface area (Å²) >= 11 is 2.17. The Balaban J connectivity index is 2.68. The van der Waals surface area contributed by atoms with Crippen molar-refractivity contribution in [3.8, 4) is 0 Å². The van der Waals surface area contributed by atoms with Crippen LogP contribution in [0, 0.1) is 10.5 Å². The van der Waals surface area contributed by atoms with Gasteiger partial charge in [0.2, 0.25) is 0 Å². The van der Waals surface area contributed by atoms with Crippen molar-refractivity contribution >= 4 is 28.5 Å². The van der Waals surface area contributed by atoms with Crippen LogP contribution in [-0.4, -0.2) is 48.7 Å². The molecule has 1 rings (SSSR count). The number of aryl methyl sites for hydroxylation is 1. The molecule has 106 valence electrons. The minimum atomic E-state index is -0.936. The van der Waals surface area contributed by atoms with Gasteiger partial charge in [0.25, 0.3) is 5.91 Å². The number of amides is 1. The Kier molecular flexibility index (Phi) is 5.76. The van der Waals surface area contributed by atoms with Gasteiger partial charge in [-0.1, -0.05) is 12.1 Å². The number of carbonyl (C=O) groups excluding carboxylic acids is 1.